The first-order chi connectivity index (χ1) is 14.5. The zero-order valence-electron chi connectivity index (χ0n) is 16.1. The number of furan rings is 1. The molecule has 0 spiro atoms. The maximum atomic E-state index is 13.9. The van der Waals surface area contributed by atoms with E-state index in [9.17, 15) is 9.18 Å². The number of hydrogen-bond acceptors (Lipinski definition) is 5. The molecule has 0 saturated carbocycles. The molecule has 2 aromatic carbocycles. The lowest BCUT2D eigenvalue weighted by Gasteiger charge is -2.12. The second-order valence-electron chi connectivity index (χ2n) is 6.77. The minimum Gasteiger partial charge on any atom is -0.488 e. The van der Waals surface area contributed by atoms with Gasteiger partial charge in [-0.3, -0.25) is 9.69 Å². The number of ether oxygens (including phenoxy) is 1. The van der Waals surface area contributed by atoms with Crippen molar-refractivity contribution in [3.05, 3.63) is 94.0 Å². The zero-order chi connectivity index (χ0) is 21.1. The molecule has 1 aliphatic rings. The fourth-order valence-electron chi connectivity index (χ4n) is 3.02. The Morgan fingerprint density at radius 2 is 2.03 bits per heavy atom. The molecule has 0 aliphatic carbocycles. The number of nitrogens with zero attached hydrogens (tertiary/aromatic N) is 1. The van der Waals surface area contributed by atoms with Gasteiger partial charge in [-0.05, 0) is 43.3 Å². The van der Waals surface area contributed by atoms with E-state index in [1.807, 2.05) is 25.1 Å². The van der Waals surface area contributed by atoms with E-state index in [4.69, 9.17) is 21.4 Å². The van der Waals surface area contributed by atoms with Gasteiger partial charge < -0.3 is 9.15 Å². The van der Waals surface area contributed by atoms with Gasteiger partial charge in [-0.2, -0.15) is 0 Å². The normalized spacial score (nSPS) is 15.3. The third kappa shape index (κ3) is 4.47. The first kappa shape index (κ1) is 20.4. The van der Waals surface area contributed by atoms with Crippen LogP contribution in [-0.4, -0.2) is 15.1 Å². The van der Waals surface area contributed by atoms with Gasteiger partial charge in [0.05, 0.1) is 17.7 Å². The van der Waals surface area contributed by atoms with Crippen molar-refractivity contribution in [1.82, 2.24) is 4.90 Å². The molecule has 0 atom stereocenters. The summed E-state index contributed by atoms with van der Waals surface area (Å²) in [6.45, 7) is 2.34. The summed E-state index contributed by atoms with van der Waals surface area (Å²) in [5.41, 5.74) is 2.23. The number of carbonyl (C=O) groups excluding carboxylic acids is 1. The Morgan fingerprint density at radius 3 is 2.80 bits per heavy atom. The molecule has 7 heteroatoms. The largest absolute Gasteiger partial charge is 0.488 e. The highest BCUT2D eigenvalue weighted by atomic mass is 32.2. The van der Waals surface area contributed by atoms with Crippen LogP contribution in [0, 0.1) is 12.7 Å². The van der Waals surface area contributed by atoms with Crippen LogP contribution in [0.15, 0.2) is 70.2 Å². The number of aryl methyl sites for hydroxylation is 1. The van der Waals surface area contributed by atoms with Crippen LogP contribution >= 0.6 is 24.0 Å². The maximum Gasteiger partial charge on any atom is 0.266 e. The molecule has 152 valence electrons. The van der Waals surface area contributed by atoms with Crippen molar-refractivity contribution in [2.75, 3.05) is 0 Å². The van der Waals surface area contributed by atoms with Gasteiger partial charge in [-0.25, -0.2) is 4.39 Å². The Bertz CT molecular complexity index is 1130. The average molecular weight is 440 g/mol. The van der Waals surface area contributed by atoms with Crippen molar-refractivity contribution in [1.29, 1.82) is 0 Å². The molecule has 1 saturated heterocycles. The van der Waals surface area contributed by atoms with Gasteiger partial charge in [-0.1, -0.05) is 53.8 Å². The van der Waals surface area contributed by atoms with E-state index < -0.39 is 0 Å². The van der Waals surface area contributed by atoms with Crippen molar-refractivity contribution in [3.8, 4) is 5.75 Å². The maximum absolute atomic E-state index is 13.9. The Balaban J connectivity index is 1.57. The number of thioether (sulfide) groups is 1. The van der Waals surface area contributed by atoms with Gasteiger partial charge in [0.1, 0.15) is 28.3 Å². The van der Waals surface area contributed by atoms with Crippen molar-refractivity contribution < 1.29 is 18.3 Å². The molecule has 1 aromatic heterocycles. The number of halogens is 1. The fourth-order valence-corrected chi connectivity index (χ4v) is 4.26. The highest BCUT2D eigenvalue weighted by molar-refractivity contribution is 8.26. The summed E-state index contributed by atoms with van der Waals surface area (Å²) in [4.78, 5) is 14.9. The molecule has 2 heterocycles. The van der Waals surface area contributed by atoms with Crippen LogP contribution < -0.4 is 4.74 Å². The van der Waals surface area contributed by atoms with Crippen LogP contribution in [-0.2, 0) is 17.9 Å². The third-order valence-corrected chi connectivity index (χ3v) is 5.94. The molecule has 0 radical (unpaired) electrons. The highest BCUT2D eigenvalue weighted by Crippen LogP contribution is 2.35. The number of benzene rings is 2. The van der Waals surface area contributed by atoms with E-state index >= 15 is 0 Å². The van der Waals surface area contributed by atoms with Crippen LogP contribution in [0.25, 0.3) is 6.08 Å². The molecule has 0 N–H and O–H groups in total. The monoisotopic (exact) mass is 439 g/mol. The standard InChI is InChI=1S/C23H18FNO3S2/c1-15-8-9-20(28-14-16-5-2-3-7-19(16)24)17(11-15)12-21-22(26)25(23(29)30-21)13-18-6-4-10-27-18/h2-12H,13-14H2,1H3/b21-12-. The average Bonchev–Trinajstić information content (AvgIpc) is 3.33. The second kappa shape index (κ2) is 8.85. The minimum atomic E-state index is -0.315. The molecule has 0 unspecified atom stereocenters. The lowest BCUT2D eigenvalue weighted by Crippen LogP contribution is -2.27. The Labute approximate surface area is 183 Å². The van der Waals surface area contributed by atoms with Crippen LogP contribution in [0.5, 0.6) is 5.75 Å². The van der Waals surface area contributed by atoms with Crippen LogP contribution in [0.2, 0.25) is 0 Å². The van der Waals surface area contributed by atoms with Crippen LogP contribution in [0.1, 0.15) is 22.5 Å². The Hall–Kier alpha value is -2.90. The molecule has 4 nitrogen and oxygen atoms in total. The number of thiocarbonyl (C=S) groups is 1. The lowest BCUT2D eigenvalue weighted by molar-refractivity contribution is -0.122. The van der Waals surface area contributed by atoms with Gasteiger partial charge in [0.2, 0.25) is 0 Å². The molecule has 0 bridgehead atoms. The van der Waals surface area contributed by atoms with Crippen molar-refractivity contribution in [3.63, 3.8) is 0 Å². The second-order valence-corrected chi connectivity index (χ2v) is 8.44. The zero-order valence-corrected chi connectivity index (χ0v) is 17.8. The number of hydrogen-bond donors (Lipinski definition) is 0. The van der Waals surface area contributed by atoms with Crippen LogP contribution in [0.3, 0.4) is 0 Å². The third-order valence-electron chi connectivity index (χ3n) is 4.56. The molecule has 30 heavy (non-hydrogen) atoms. The van der Waals surface area contributed by atoms with Gasteiger partial charge in [0, 0.05) is 11.1 Å². The highest BCUT2D eigenvalue weighted by Gasteiger charge is 2.32. The van der Waals surface area contributed by atoms with E-state index in [0.717, 1.165) is 11.1 Å². The van der Waals surface area contributed by atoms with Gasteiger partial charge in [0.15, 0.2) is 0 Å². The SMILES string of the molecule is Cc1ccc(OCc2ccccc2F)c(/C=C2\SC(=S)N(Cc3ccco3)C2=O)c1. The number of amides is 1. The Morgan fingerprint density at radius 1 is 1.20 bits per heavy atom. The van der Waals surface area contributed by atoms with Crippen molar-refractivity contribution in [2.24, 2.45) is 0 Å². The van der Waals surface area contributed by atoms with E-state index in [2.05, 4.69) is 0 Å². The molecule has 1 aliphatic heterocycles. The predicted octanol–water partition coefficient (Wildman–Crippen LogP) is 5.71. The summed E-state index contributed by atoms with van der Waals surface area (Å²) in [5.74, 6) is 0.741. The summed E-state index contributed by atoms with van der Waals surface area (Å²) in [7, 11) is 0. The molecule has 4 rings (SSSR count). The molecule has 3 aromatic rings. The fraction of sp³-hybridized carbons (Fsp3) is 0.130. The van der Waals surface area contributed by atoms with E-state index in [1.54, 1.807) is 42.7 Å². The minimum absolute atomic E-state index is 0.0933. The lowest BCUT2D eigenvalue weighted by atomic mass is 10.1. The first-order valence-corrected chi connectivity index (χ1v) is 10.5. The smallest absolute Gasteiger partial charge is 0.266 e. The van der Waals surface area contributed by atoms with Crippen molar-refractivity contribution >= 4 is 40.3 Å². The first-order valence-electron chi connectivity index (χ1n) is 9.26. The summed E-state index contributed by atoms with van der Waals surface area (Å²) < 4.78 is 25.6. The van der Waals surface area contributed by atoms with Crippen molar-refractivity contribution in [2.45, 2.75) is 20.1 Å². The van der Waals surface area contributed by atoms with Gasteiger partial charge in [-0.15, -0.1) is 0 Å². The number of rotatable bonds is 6. The quantitative estimate of drug-likeness (QED) is 0.364. The van der Waals surface area contributed by atoms with Gasteiger partial charge in [0.25, 0.3) is 5.91 Å². The molecular weight excluding hydrogens is 421 g/mol. The van der Waals surface area contributed by atoms with E-state index in [0.29, 0.717) is 32.8 Å². The Kier molecular flexibility index (Phi) is 6.01. The molecule has 1 fully saturated rings. The van der Waals surface area contributed by atoms with E-state index in [-0.39, 0.29) is 18.3 Å². The van der Waals surface area contributed by atoms with E-state index in [1.165, 1.54) is 22.7 Å². The summed E-state index contributed by atoms with van der Waals surface area (Å²) in [6.07, 6.45) is 3.33. The van der Waals surface area contributed by atoms with Gasteiger partial charge >= 0.3 is 0 Å². The predicted molar refractivity (Wildman–Crippen MR) is 119 cm³/mol. The summed E-state index contributed by atoms with van der Waals surface area (Å²) in [6, 6.07) is 15.7. The summed E-state index contributed by atoms with van der Waals surface area (Å²) in [5, 5.41) is 0. The number of carbonyl (C=O) groups is 1. The summed E-state index contributed by atoms with van der Waals surface area (Å²) >= 11 is 6.63. The molecular formula is C23H18FNO3S2. The molecule has 1 amide bonds. The topological polar surface area (TPSA) is 42.7 Å². The van der Waals surface area contributed by atoms with Crippen LogP contribution in [0.4, 0.5) is 4.39 Å².